The van der Waals surface area contributed by atoms with Crippen LogP contribution in [0.3, 0.4) is 0 Å². The molecule has 0 saturated carbocycles. The summed E-state index contributed by atoms with van der Waals surface area (Å²) in [6.45, 7) is 5.89. The first kappa shape index (κ1) is 16.4. The van der Waals surface area contributed by atoms with Gasteiger partial charge in [0.1, 0.15) is 6.04 Å². The van der Waals surface area contributed by atoms with Gasteiger partial charge in [0.25, 0.3) is 0 Å². The van der Waals surface area contributed by atoms with Gasteiger partial charge in [-0.15, -0.1) is 0 Å². The first-order valence-corrected chi connectivity index (χ1v) is 7.66. The molecule has 0 aliphatic rings. The highest BCUT2D eigenvalue weighted by Gasteiger charge is 2.20. The fourth-order valence-electron chi connectivity index (χ4n) is 1.41. The first-order valence-electron chi connectivity index (χ1n) is 5.84. The monoisotopic (exact) mass is 265 g/mol. The lowest BCUT2D eigenvalue weighted by atomic mass is 10.0. The van der Waals surface area contributed by atoms with Crippen molar-refractivity contribution in [2.75, 3.05) is 25.2 Å². The Labute approximate surface area is 104 Å². The van der Waals surface area contributed by atoms with Crippen molar-refractivity contribution in [2.45, 2.75) is 33.2 Å². The topological polar surface area (TPSA) is 72.5 Å². The van der Waals surface area contributed by atoms with Gasteiger partial charge in [-0.2, -0.15) is 0 Å². The van der Waals surface area contributed by atoms with E-state index in [0.717, 1.165) is 0 Å². The molecular weight excluding hydrogens is 242 g/mol. The Morgan fingerprint density at radius 3 is 2.35 bits per heavy atom. The summed E-state index contributed by atoms with van der Waals surface area (Å²) < 4.78 is 27.2. The van der Waals surface area contributed by atoms with Crippen LogP contribution in [0, 0.1) is 5.92 Å². The number of ether oxygens (including phenoxy) is 1. The quantitative estimate of drug-likeness (QED) is 0.651. The summed E-state index contributed by atoms with van der Waals surface area (Å²) in [7, 11) is -1.66. The third kappa shape index (κ3) is 7.33. The van der Waals surface area contributed by atoms with Crippen LogP contribution in [0.1, 0.15) is 27.2 Å². The Morgan fingerprint density at radius 1 is 1.35 bits per heavy atom. The van der Waals surface area contributed by atoms with Crippen molar-refractivity contribution < 1.29 is 17.9 Å². The van der Waals surface area contributed by atoms with Crippen molar-refractivity contribution in [1.82, 2.24) is 5.32 Å². The summed E-state index contributed by atoms with van der Waals surface area (Å²) in [6, 6.07) is -0.424. The van der Waals surface area contributed by atoms with E-state index >= 15 is 0 Å². The number of hydrogen-bond donors (Lipinski definition) is 1. The average Bonchev–Trinajstić information content (AvgIpc) is 2.26. The number of hydrogen-bond acceptors (Lipinski definition) is 5. The second-order valence-corrected chi connectivity index (χ2v) is 6.87. The maximum atomic E-state index is 11.4. The van der Waals surface area contributed by atoms with E-state index in [1.807, 2.05) is 13.8 Å². The predicted molar refractivity (Wildman–Crippen MR) is 67.6 cm³/mol. The molecule has 1 N–H and O–H groups in total. The van der Waals surface area contributed by atoms with Gasteiger partial charge in [-0.25, -0.2) is 8.42 Å². The smallest absolute Gasteiger partial charge is 0.322 e. The zero-order valence-electron chi connectivity index (χ0n) is 11.0. The van der Waals surface area contributed by atoms with E-state index in [1.165, 1.54) is 7.11 Å². The molecule has 102 valence electrons. The van der Waals surface area contributed by atoms with Crippen LogP contribution in [-0.2, 0) is 19.4 Å². The number of carbonyl (C=O) groups is 1. The highest BCUT2D eigenvalue weighted by molar-refractivity contribution is 7.91. The molecule has 0 amide bonds. The second-order valence-electron chi connectivity index (χ2n) is 4.40. The van der Waals surface area contributed by atoms with Crippen molar-refractivity contribution in [3.05, 3.63) is 0 Å². The normalized spacial score (nSPS) is 13.7. The summed E-state index contributed by atoms with van der Waals surface area (Å²) in [6.07, 6.45) is 0.638. The van der Waals surface area contributed by atoms with Gasteiger partial charge in [0, 0.05) is 12.3 Å². The van der Waals surface area contributed by atoms with E-state index in [4.69, 9.17) is 0 Å². The minimum Gasteiger partial charge on any atom is -0.468 e. The van der Waals surface area contributed by atoms with E-state index in [0.29, 0.717) is 12.3 Å². The number of sulfone groups is 1. The number of carbonyl (C=O) groups excluding carboxylic acids is 1. The van der Waals surface area contributed by atoms with Gasteiger partial charge in [0.15, 0.2) is 9.84 Å². The van der Waals surface area contributed by atoms with E-state index < -0.39 is 15.9 Å². The molecule has 0 aromatic heterocycles. The molecule has 0 radical (unpaired) electrons. The van der Waals surface area contributed by atoms with Gasteiger partial charge in [-0.3, -0.25) is 4.79 Å². The van der Waals surface area contributed by atoms with Gasteiger partial charge < -0.3 is 10.1 Å². The Morgan fingerprint density at radius 2 is 1.94 bits per heavy atom. The molecule has 0 rings (SSSR count). The van der Waals surface area contributed by atoms with Crippen molar-refractivity contribution >= 4 is 15.8 Å². The van der Waals surface area contributed by atoms with E-state index in [1.54, 1.807) is 6.92 Å². The number of methoxy groups -OCH3 is 1. The fourth-order valence-corrected chi connectivity index (χ4v) is 2.13. The Bertz CT molecular complexity index is 324. The van der Waals surface area contributed by atoms with Crippen molar-refractivity contribution in [1.29, 1.82) is 0 Å². The summed E-state index contributed by atoms with van der Waals surface area (Å²) in [5.41, 5.74) is 0. The molecule has 0 saturated heterocycles. The number of rotatable bonds is 8. The lowest BCUT2D eigenvalue weighted by Crippen LogP contribution is -2.41. The Balaban J connectivity index is 4.22. The van der Waals surface area contributed by atoms with Crippen molar-refractivity contribution in [3.8, 4) is 0 Å². The van der Waals surface area contributed by atoms with Gasteiger partial charge in [-0.05, 0) is 12.3 Å². The lowest BCUT2D eigenvalue weighted by molar-refractivity contribution is -0.143. The molecule has 0 heterocycles. The van der Waals surface area contributed by atoms with Gasteiger partial charge >= 0.3 is 5.97 Å². The van der Waals surface area contributed by atoms with E-state index in [9.17, 15) is 13.2 Å². The van der Waals surface area contributed by atoms with Crippen LogP contribution in [0.15, 0.2) is 0 Å². The fraction of sp³-hybridized carbons (Fsp3) is 0.909. The highest BCUT2D eigenvalue weighted by atomic mass is 32.2. The third-order valence-electron chi connectivity index (χ3n) is 2.44. The molecule has 0 aromatic carbocycles. The molecule has 0 aliphatic carbocycles. The van der Waals surface area contributed by atoms with Crippen LogP contribution >= 0.6 is 0 Å². The zero-order chi connectivity index (χ0) is 13.5. The SMILES string of the molecule is CCS(=O)(=O)CCNC(CC(C)C)C(=O)OC. The van der Waals surface area contributed by atoms with Crippen molar-refractivity contribution in [3.63, 3.8) is 0 Å². The molecule has 0 spiro atoms. The molecule has 17 heavy (non-hydrogen) atoms. The first-order chi connectivity index (χ1) is 7.82. The van der Waals surface area contributed by atoms with Crippen LogP contribution < -0.4 is 5.32 Å². The minimum absolute atomic E-state index is 0.0507. The standard InChI is InChI=1S/C11H23NO4S/c1-5-17(14,15)7-6-12-10(8-9(2)3)11(13)16-4/h9-10,12H,5-8H2,1-4H3. The molecule has 1 unspecified atom stereocenters. The van der Waals surface area contributed by atoms with Gasteiger partial charge in [0.2, 0.25) is 0 Å². The molecule has 0 bridgehead atoms. The summed E-state index contributed by atoms with van der Waals surface area (Å²) in [4.78, 5) is 11.4. The third-order valence-corrected chi connectivity index (χ3v) is 4.14. The molecule has 0 aromatic rings. The number of esters is 1. The summed E-state index contributed by atoms with van der Waals surface area (Å²) in [5.74, 6) is 0.179. The molecule has 6 heteroatoms. The summed E-state index contributed by atoms with van der Waals surface area (Å²) in [5, 5.41) is 2.94. The van der Waals surface area contributed by atoms with Crippen molar-refractivity contribution in [2.24, 2.45) is 5.92 Å². The van der Waals surface area contributed by atoms with Gasteiger partial charge in [-0.1, -0.05) is 20.8 Å². The summed E-state index contributed by atoms with van der Waals surface area (Å²) >= 11 is 0. The maximum absolute atomic E-state index is 11.4. The van der Waals surface area contributed by atoms with Crippen LogP contribution in [0.4, 0.5) is 0 Å². The molecule has 1 atom stereocenters. The Hall–Kier alpha value is -0.620. The van der Waals surface area contributed by atoms with Gasteiger partial charge in [0.05, 0.1) is 12.9 Å². The minimum atomic E-state index is -2.99. The molecule has 5 nitrogen and oxygen atoms in total. The van der Waals surface area contributed by atoms with Crippen LogP contribution in [0.25, 0.3) is 0 Å². The van der Waals surface area contributed by atoms with Crippen LogP contribution in [0.5, 0.6) is 0 Å². The second kappa shape index (κ2) is 7.66. The van der Waals surface area contributed by atoms with Crippen LogP contribution in [0.2, 0.25) is 0 Å². The molecule has 0 aliphatic heterocycles. The Kier molecular flexibility index (Phi) is 7.38. The highest BCUT2D eigenvalue weighted by Crippen LogP contribution is 2.06. The molecular formula is C11H23NO4S. The lowest BCUT2D eigenvalue weighted by Gasteiger charge is -2.18. The van der Waals surface area contributed by atoms with E-state index in [-0.39, 0.29) is 24.0 Å². The zero-order valence-corrected chi connectivity index (χ0v) is 11.8. The largest absolute Gasteiger partial charge is 0.468 e. The molecule has 0 fully saturated rings. The predicted octanol–water partition coefficient (Wildman–Crippen LogP) is 0.598. The average molecular weight is 265 g/mol. The maximum Gasteiger partial charge on any atom is 0.322 e. The van der Waals surface area contributed by atoms with E-state index in [2.05, 4.69) is 10.1 Å². The number of nitrogens with one attached hydrogen (secondary N) is 1. The van der Waals surface area contributed by atoms with Crippen LogP contribution in [-0.4, -0.2) is 45.6 Å².